The van der Waals surface area contributed by atoms with E-state index in [1.54, 1.807) is 6.20 Å². The third-order valence-corrected chi connectivity index (χ3v) is 3.91. The molecule has 0 saturated heterocycles. The Hall–Kier alpha value is -1.39. The molecule has 0 saturated carbocycles. The summed E-state index contributed by atoms with van der Waals surface area (Å²) in [6.45, 7) is 7.25. The van der Waals surface area contributed by atoms with Gasteiger partial charge < -0.3 is 10.1 Å². The van der Waals surface area contributed by atoms with Crippen molar-refractivity contribution in [2.45, 2.75) is 33.2 Å². The average molecular weight is 349 g/mol. The molecule has 0 aliphatic carbocycles. The van der Waals surface area contributed by atoms with Crippen LogP contribution in [0.25, 0.3) is 0 Å². The number of pyridine rings is 1. The molecule has 2 rings (SSSR count). The van der Waals surface area contributed by atoms with Crippen molar-refractivity contribution in [3.8, 4) is 11.5 Å². The number of benzene rings is 1. The highest BCUT2D eigenvalue weighted by Crippen LogP contribution is 2.30. The van der Waals surface area contributed by atoms with Gasteiger partial charge in [0.25, 0.3) is 0 Å². The molecule has 0 radical (unpaired) electrons. The monoisotopic (exact) mass is 348 g/mol. The minimum Gasteiger partial charge on any atom is -0.455 e. The van der Waals surface area contributed by atoms with Crippen LogP contribution in [0, 0.1) is 6.92 Å². The van der Waals surface area contributed by atoms with Gasteiger partial charge in [-0.15, -0.1) is 0 Å². The first-order valence-corrected chi connectivity index (χ1v) is 8.06. The van der Waals surface area contributed by atoms with E-state index in [0.717, 1.165) is 34.6 Å². The van der Waals surface area contributed by atoms with Crippen LogP contribution in [0.3, 0.4) is 0 Å². The molecule has 1 atom stereocenters. The fraction of sp³-hybridized carbons (Fsp3) is 0.353. The molecule has 0 spiro atoms. The van der Waals surface area contributed by atoms with Crippen molar-refractivity contribution in [1.29, 1.82) is 0 Å². The quantitative estimate of drug-likeness (QED) is 0.796. The summed E-state index contributed by atoms with van der Waals surface area (Å²) in [4.78, 5) is 4.51. The zero-order valence-electron chi connectivity index (χ0n) is 12.7. The summed E-state index contributed by atoms with van der Waals surface area (Å²) in [5.74, 6) is 1.54. The topological polar surface area (TPSA) is 34.1 Å². The lowest BCUT2D eigenvalue weighted by Gasteiger charge is -2.15. The van der Waals surface area contributed by atoms with E-state index in [1.807, 2.05) is 30.3 Å². The molecule has 4 heteroatoms. The number of halogens is 1. The summed E-state index contributed by atoms with van der Waals surface area (Å²) in [6, 6.07) is 10.3. The van der Waals surface area contributed by atoms with Gasteiger partial charge in [0.1, 0.15) is 11.5 Å². The van der Waals surface area contributed by atoms with E-state index in [0.29, 0.717) is 6.04 Å². The van der Waals surface area contributed by atoms with E-state index in [1.165, 1.54) is 5.56 Å². The third-order valence-electron chi connectivity index (χ3n) is 3.29. The molecular weight excluding hydrogens is 328 g/mol. The number of aryl methyl sites for hydroxylation is 1. The average Bonchev–Trinajstić information content (AvgIpc) is 2.48. The Morgan fingerprint density at radius 2 is 2.05 bits per heavy atom. The van der Waals surface area contributed by atoms with Gasteiger partial charge in [0.15, 0.2) is 0 Å². The van der Waals surface area contributed by atoms with Gasteiger partial charge in [0, 0.05) is 6.04 Å². The molecule has 1 aromatic heterocycles. The SMILES string of the molecule is CCNC(CC)c1ccc(Oc2ccc(C)cc2Br)cn1. The maximum absolute atomic E-state index is 5.86. The maximum Gasteiger partial charge on any atom is 0.145 e. The molecule has 3 nitrogen and oxygen atoms in total. The van der Waals surface area contributed by atoms with Crippen LogP contribution in [0.15, 0.2) is 41.0 Å². The Labute approximate surface area is 134 Å². The molecule has 0 aliphatic heterocycles. The molecule has 21 heavy (non-hydrogen) atoms. The van der Waals surface area contributed by atoms with Crippen molar-refractivity contribution in [1.82, 2.24) is 10.3 Å². The molecule has 1 unspecified atom stereocenters. The largest absolute Gasteiger partial charge is 0.455 e. The Morgan fingerprint density at radius 3 is 2.62 bits per heavy atom. The maximum atomic E-state index is 5.86. The zero-order valence-corrected chi connectivity index (χ0v) is 14.3. The predicted molar refractivity (Wildman–Crippen MR) is 89.9 cm³/mol. The number of rotatable bonds is 6. The minimum absolute atomic E-state index is 0.301. The summed E-state index contributed by atoms with van der Waals surface area (Å²) in [5, 5.41) is 3.42. The molecule has 1 aromatic carbocycles. The lowest BCUT2D eigenvalue weighted by Crippen LogP contribution is -2.20. The smallest absolute Gasteiger partial charge is 0.145 e. The van der Waals surface area contributed by atoms with E-state index in [-0.39, 0.29) is 0 Å². The Kier molecular flexibility index (Phi) is 5.76. The molecule has 0 fully saturated rings. The van der Waals surface area contributed by atoms with Gasteiger partial charge in [-0.25, -0.2) is 0 Å². The van der Waals surface area contributed by atoms with Crippen LogP contribution < -0.4 is 10.1 Å². The summed E-state index contributed by atoms with van der Waals surface area (Å²) in [7, 11) is 0. The molecule has 1 heterocycles. The molecule has 0 aliphatic rings. The standard InChI is InChI=1S/C17H21BrN2O/c1-4-15(19-5-2)16-8-7-13(11-20-16)21-17-9-6-12(3)10-14(17)18/h6-11,15,19H,4-5H2,1-3H3. The lowest BCUT2D eigenvalue weighted by atomic mass is 10.1. The van der Waals surface area contributed by atoms with Crippen LogP contribution in [-0.2, 0) is 0 Å². The summed E-state index contributed by atoms with van der Waals surface area (Å²) in [6.07, 6.45) is 2.80. The number of ether oxygens (including phenoxy) is 1. The fourth-order valence-corrected chi connectivity index (χ4v) is 2.75. The first-order valence-electron chi connectivity index (χ1n) is 7.27. The van der Waals surface area contributed by atoms with Crippen LogP contribution in [-0.4, -0.2) is 11.5 Å². The van der Waals surface area contributed by atoms with Crippen molar-refractivity contribution in [3.05, 3.63) is 52.3 Å². The highest BCUT2D eigenvalue weighted by atomic mass is 79.9. The van der Waals surface area contributed by atoms with Gasteiger partial charge in [0.2, 0.25) is 0 Å². The van der Waals surface area contributed by atoms with Crippen molar-refractivity contribution >= 4 is 15.9 Å². The highest BCUT2D eigenvalue weighted by Gasteiger charge is 2.09. The number of aromatic nitrogens is 1. The normalized spacial score (nSPS) is 12.2. The van der Waals surface area contributed by atoms with E-state index < -0.39 is 0 Å². The van der Waals surface area contributed by atoms with Crippen molar-refractivity contribution < 1.29 is 4.74 Å². The lowest BCUT2D eigenvalue weighted by molar-refractivity contribution is 0.473. The second-order valence-corrected chi connectivity index (χ2v) is 5.83. The van der Waals surface area contributed by atoms with E-state index in [9.17, 15) is 0 Å². The third kappa shape index (κ3) is 4.29. The van der Waals surface area contributed by atoms with Crippen molar-refractivity contribution in [2.24, 2.45) is 0 Å². The van der Waals surface area contributed by atoms with Gasteiger partial charge in [-0.2, -0.15) is 0 Å². The second-order valence-electron chi connectivity index (χ2n) is 4.97. The second kappa shape index (κ2) is 7.57. The summed E-state index contributed by atoms with van der Waals surface area (Å²) >= 11 is 3.52. The van der Waals surface area contributed by atoms with Gasteiger partial charge >= 0.3 is 0 Å². The summed E-state index contributed by atoms with van der Waals surface area (Å²) < 4.78 is 6.81. The van der Waals surface area contributed by atoms with Crippen molar-refractivity contribution in [3.63, 3.8) is 0 Å². The summed E-state index contributed by atoms with van der Waals surface area (Å²) in [5.41, 5.74) is 2.24. The zero-order chi connectivity index (χ0) is 15.2. The molecule has 0 amide bonds. The Bertz CT molecular complexity index is 584. The van der Waals surface area contributed by atoms with Crippen LogP contribution >= 0.6 is 15.9 Å². The van der Waals surface area contributed by atoms with Crippen LogP contribution in [0.1, 0.15) is 37.6 Å². The molecule has 1 N–H and O–H groups in total. The van der Waals surface area contributed by atoms with Gasteiger partial charge in [-0.1, -0.05) is 19.9 Å². The van der Waals surface area contributed by atoms with E-state index in [2.05, 4.69) is 47.0 Å². The van der Waals surface area contributed by atoms with E-state index in [4.69, 9.17) is 4.74 Å². The number of hydrogen-bond donors (Lipinski definition) is 1. The van der Waals surface area contributed by atoms with Gasteiger partial charge in [0.05, 0.1) is 16.4 Å². The van der Waals surface area contributed by atoms with Gasteiger partial charge in [-0.3, -0.25) is 4.98 Å². The number of nitrogens with one attached hydrogen (secondary N) is 1. The van der Waals surface area contributed by atoms with Crippen LogP contribution in [0.4, 0.5) is 0 Å². The molecule has 112 valence electrons. The predicted octanol–water partition coefficient (Wildman–Crippen LogP) is 5.01. The molecule has 0 bridgehead atoms. The number of nitrogens with zero attached hydrogens (tertiary/aromatic N) is 1. The Balaban J connectivity index is 2.11. The van der Waals surface area contributed by atoms with Crippen molar-refractivity contribution in [2.75, 3.05) is 6.54 Å². The Morgan fingerprint density at radius 1 is 1.24 bits per heavy atom. The number of hydrogen-bond acceptors (Lipinski definition) is 3. The van der Waals surface area contributed by atoms with Crippen LogP contribution in [0.5, 0.6) is 11.5 Å². The fourth-order valence-electron chi connectivity index (χ4n) is 2.18. The molecule has 2 aromatic rings. The first kappa shape index (κ1) is 16.0. The molecular formula is C17H21BrN2O. The first-order chi connectivity index (χ1) is 10.1. The van der Waals surface area contributed by atoms with Crippen LogP contribution in [0.2, 0.25) is 0 Å². The highest BCUT2D eigenvalue weighted by molar-refractivity contribution is 9.10. The van der Waals surface area contributed by atoms with Gasteiger partial charge in [-0.05, 0) is 65.6 Å². The minimum atomic E-state index is 0.301. The van der Waals surface area contributed by atoms with E-state index >= 15 is 0 Å².